The molecule has 0 aliphatic heterocycles. The van der Waals surface area contributed by atoms with Gasteiger partial charge in [0.2, 0.25) is 0 Å². The Hall–Kier alpha value is -1.22. The Balaban J connectivity index is 2.45. The maximum absolute atomic E-state index is 4.23. The highest BCUT2D eigenvalue weighted by molar-refractivity contribution is 5.00. The van der Waals surface area contributed by atoms with E-state index >= 15 is 0 Å². The van der Waals surface area contributed by atoms with Gasteiger partial charge in [0.25, 0.3) is 0 Å². The van der Waals surface area contributed by atoms with Crippen LogP contribution in [0.4, 0.5) is 0 Å². The van der Waals surface area contributed by atoms with Crippen LogP contribution in [0.3, 0.4) is 0 Å². The summed E-state index contributed by atoms with van der Waals surface area (Å²) in [5.74, 6) is 0. The van der Waals surface area contributed by atoms with Crippen molar-refractivity contribution in [1.29, 1.82) is 0 Å². The second kappa shape index (κ2) is 4.72. The van der Waals surface area contributed by atoms with Gasteiger partial charge in [-0.1, -0.05) is 6.08 Å². The van der Waals surface area contributed by atoms with Crippen molar-refractivity contribution in [2.24, 2.45) is 0 Å². The van der Waals surface area contributed by atoms with Gasteiger partial charge in [0.05, 0.1) is 11.4 Å². The van der Waals surface area contributed by atoms with Crippen LogP contribution in [-0.2, 0) is 6.54 Å². The van der Waals surface area contributed by atoms with E-state index in [-0.39, 0.29) is 0 Å². The van der Waals surface area contributed by atoms with Gasteiger partial charge < -0.3 is 5.32 Å². The van der Waals surface area contributed by atoms with Crippen LogP contribution in [0.15, 0.2) is 25.0 Å². The van der Waals surface area contributed by atoms with Gasteiger partial charge >= 0.3 is 0 Å². The number of rotatable bonds is 4. The van der Waals surface area contributed by atoms with E-state index in [4.69, 9.17) is 0 Å². The fourth-order valence-corrected chi connectivity index (χ4v) is 0.860. The fourth-order valence-electron chi connectivity index (χ4n) is 0.860. The van der Waals surface area contributed by atoms with E-state index in [0.29, 0.717) is 6.04 Å². The molecule has 0 saturated carbocycles. The fraction of sp³-hybridized carbons (Fsp3) is 0.400. The Morgan fingerprint density at radius 3 is 2.85 bits per heavy atom. The highest BCUT2D eigenvalue weighted by Crippen LogP contribution is 1.94. The largest absolute Gasteiger partial charge is 0.305 e. The van der Waals surface area contributed by atoms with Crippen molar-refractivity contribution in [3.8, 4) is 0 Å². The molecule has 0 aliphatic carbocycles. The van der Waals surface area contributed by atoms with Crippen molar-refractivity contribution in [2.45, 2.75) is 26.4 Å². The van der Waals surface area contributed by atoms with Gasteiger partial charge in [-0.15, -0.1) is 6.58 Å². The molecule has 0 spiro atoms. The highest BCUT2D eigenvalue weighted by atomic mass is 14.9. The maximum atomic E-state index is 4.23. The molecule has 1 heterocycles. The molecule has 70 valence electrons. The van der Waals surface area contributed by atoms with Crippen LogP contribution in [0, 0.1) is 6.92 Å². The van der Waals surface area contributed by atoms with E-state index in [1.54, 1.807) is 12.4 Å². The first kappa shape index (κ1) is 9.86. The topological polar surface area (TPSA) is 37.8 Å². The minimum atomic E-state index is 0.308. The summed E-state index contributed by atoms with van der Waals surface area (Å²) in [5.41, 5.74) is 1.90. The van der Waals surface area contributed by atoms with Gasteiger partial charge in [-0.2, -0.15) is 0 Å². The van der Waals surface area contributed by atoms with Crippen LogP contribution >= 0.6 is 0 Å². The lowest BCUT2D eigenvalue weighted by molar-refractivity contribution is 0.622. The van der Waals surface area contributed by atoms with E-state index < -0.39 is 0 Å². The van der Waals surface area contributed by atoms with Gasteiger partial charge in [0.15, 0.2) is 0 Å². The number of nitrogens with one attached hydrogen (secondary N) is 1. The molecular formula is C10H15N3. The van der Waals surface area contributed by atoms with Crippen molar-refractivity contribution in [1.82, 2.24) is 15.3 Å². The molecule has 1 atom stereocenters. The molecule has 0 amide bonds. The van der Waals surface area contributed by atoms with Gasteiger partial charge in [0, 0.05) is 25.0 Å². The van der Waals surface area contributed by atoms with Crippen LogP contribution in [0.2, 0.25) is 0 Å². The van der Waals surface area contributed by atoms with Crippen molar-refractivity contribution in [2.75, 3.05) is 0 Å². The lowest BCUT2D eigenvalue weighted by Gasteiger charge is -2.07. The Kier molecular flexibility index (Phi) is 3.58. The zero-order valence-corrected chi connectivity index (χ0v) is 8.12. The average Bonchev–Trinajstić information content (AvgIpc) is 2.16. The average molecular weight is 177 g/mol. The predicted octanol–water partition coefficient (Wildman–Crippen LogP) is 1.45. The van der Waals surface area contributed by atoms with Crippen LogP contribution in [0.1, 0.15) is 18.3 Å². The lowest BCUT2D eigenvalue weighted by Crippen LogP contribution is -2.23. The quantitative estimate of drug-likeness (QED) is 0.707. The normalized spacial score (nSPS) is 12.5. The molecule has 13 heavy (non-hydrogen) atoms. The number of aromatic nitrogens is 2. The Labute approximate surface area is 78.9 Å². The first-order chi connectivity index (χ1) is 6.22. The van der Waals surface area contributed by atoms with Crippen molar-refractivity contribution < 1.29 is 0 Å². The molecule has 0 aromatic carbocycles. The standard InChI is InChI=1S/C10H15N3/c1-4-8(2)11-6-10-7-12-9(3)5-13-10/h4-5,7-8,11H,1,6H2,2-3H3. The SMILES string of the molecule is C=CC(C)NCc1cnc(C)cn1. The zero-order valence-electron chi connectivity index (χ0n) is 8.12. The van der Waals surface area contributed by atoms with Crippen LogP contribution in [0.25, 0.3) is 0 Å². The summed E-state index contributed by atoms with van der Waals surface area (Å²) in [6.07, 6.45) is 5.43. The molecule has 1 rings (SSSR count). The summed E-state index contributed by atoms with van der Waals surface area (Å²) < 4.78 is 0. The molecule has 1 unspecified atom stereocenters. The first-order valence-corrected chi connectivity index (χ1v) is 4.36. The molecule has 0 fully saturated rings. The molecule has 1 aromatic heterocycles. The van der Waals surface area contributed by atoms with Gasteiger partial charge in [0.1, 0.15) is 0 Å². The van der Waals surface area contributed by atoms with E-state index in [0.717, 1.165) is 17.9 Å². The summed E-state index contributed by atoms with van der Waals surface area (Å²) in [4.78, 5) is 8.38. The summed E-state index contributed by atoms with van der Waals surface area (Å²) in [6, 6.07) is 0.308. The van der Waals surface area contributed by atoms with Crippen LogP contribution in [-0.4, -0.2) is 16.0 Å². The summed E-state index contributed by atoms with van der Waals surface area (Å²) in [5, 5.41) is 3.25. The molecule has 0 bridgehead atoms. The monoisotopic (exact) mass is 177 g/mol. The van der Waals surface area contributed by atoms with E-state index in [1.165, 1.54) is 0 Å². The minimum absolute atomic E-state index is 0.308. The van der Waals surface area contributed by atoms with Crippen molar-refractivity contribution in [3.05, 3.63) is 36.4 Å². The molecule has 3 nitrogen and oxygen atoms in total. The van der Waals surface area contributed by atoms with E-state index in [2.05, 4.69) is 28.8 Å². The second-order valence-corrected chi connectivity index (χ2v) is 3.05. The smallest absolute Gasteiger partial charge is 0.0724 e. The third kappa shape index (κ3) is 3.34. The van der Waals surface area contributed by atoms with Crippen LogP contribution < -0.4 is 5.32 Å². The highest BCUT2D eigenvalue weighted by Gasteiger charge is 1.97. The zero-order chi connectivity index (χ0) is 9.68. The Morgan fingerprint density at radius 1 is 1.54 bits per heavy atom. The summed E-state index contributed by atoms with van der Waals surface area (Å²) in [7, 11) is 0. The third-order valence-corrected chi connectivity index (χ3v) is 1.79. The Morgan fingerprint density at radius 2 is 2.31 bits per heavy atom. The van der Waals surface area contributed by atoms with Gasteiger partial charge in [-0.05, 0) is 13.8 Å². The first-order valence-electron chi connectivity index (χ1n) is 4.36. The lowest BCUT2D eigenvalue weighted by atomic mass is 10.3. The van der Waals surface area contributed by atoms with Crippen molar-refractivity contribution >= 4 is 0 Å². The maximum Gasteiger partial charge on any atom is 0.0724 e. The summed E-state index contributed by atoms with van der Waals surface area (Å²) >= 11 is 0. The number of aryl methyl sites for hydroxylation is 1. The Bertz CT molecular complexity index is 266. The predicted molar refractivity (Wildman–Crippen MR) is 53.3 cm³/mol. The molecule has 1 N–H and O–H groups in total. The molecule has 3 heteroatoms. The van der Waals surface area contributed by atoms with Crippen molar-refractivity contribution in [3.63, 3.8) is 0 Å². The van der Waals surface area contributed by atoms with E-state index in [9.17, 15) is 0 Å². The summed E-state index contributed by atoms with van der Waals surface area (Å²) in [6.45, 7) is 8.40. The third-order valence-electron chi connectivity index (χ3n) is 1.79. The molecule has 0 aliphatic rings. The van der Waals surface area contributed by atoms with Crippen LogP contribution in [0.5, 0.6) is 0 Å². The van der Waals surface area contributed by atoms with E-state index in [1.807, 2.05) is 13.0 Å². The number of hydrogen-bond acceptors (Lipinski definition) is 3. The molecule has 1 aromatic rings. The molecule has 0 saturated heterocycles. The van der Waals surface area contributed by atoms with Gasteiger partial charge in [-0.25, -0.2) is 0 Å². The van der Waals surface area contributed by atoms with Gasteiger partial charge in [-0.3, -0.25) is 9.97 Å². The number of hydrogen-bond donors (Lipinski definition) is 1. The molecule has 0 radical (unpaired) electrons. The minimum Gasteiger partial charge on any atom is -0.305 e. The molecular weight excluding hydrogens is 162 g/mol. The number of nitrogens with zero attached hydrogens (tertiary/aromatic N) is 2. The second-order valence-electron chi connectivity index (χ2n) is 3.05.